The molecule has 1 N–H and O–H groups in total. The molecule has 0 saturated heterocycles. The van der Waals surface area contributed by atoms with E-state index >= 15 is 0 Å². The number of carbonyl (C=O) groups is 1. The van der Waals surface area contributed by atoms with Crippen LogP contribution in [0.4, 0.5) is 15.0 Å². The predicted molar refractivity (Wildman–Crippen MR) is 126 cm³/mol. The zero-order valence-corrected chi connectivity index (χ0v) is 19.6. The second-order valence-electron chi connectivity index (χ2n) is 7.44. The summed E-state index contributed by atoms with van der Waals surface area (Å²) in [7, 11) is 0. The van der Waals surface area contributed by atoms with Crippen molar-refractivity contribution in [2.24, 2.45) is 0 Å². The van der Waals surface area contributed by atoms with Crippen LogP contribution in [0.3, 0.4) is 0 Å². The molecular formula is C23H28ClFN6O2. The van der Waals surface area contributed by atoms with E-state index in [9.17, 15) is 9.18 Å². The molecule has 2 amide bonds. The van der Waals surface area contributed by atoms with Gasteiger partial charge in [-0.2, -0.15) is 9.97 Å². The summed E-state index contributed by atoms with van der Waals surface area (Å²) in [6, 6.07) is 6.09. The summed E-state index contributed by atoms with van der Waals surface area (Å²) in [5, 5.41) is 4.13. The van der Waals surface area contributed by atoms with E-state index in [2.05, 4.69) is 26.7 Å². The van der Waals surface area contributed by atoms with Crippen molar-refractivity contribution in [2.75, 3.05) is 18.0 Å². The molecule has 1 aromatic carbocycles. The van der Waals surface area contributed by atoms with Gasteiger partial charge in [0, 0.05) is 25.7 Å². The van der Waals surface area contributed by atoms with Crippen molar-refractivity contribution >= 4 is 23.4 Å². The molecule has 2 aromatic heterocycles. The van der Waals surface area contributed by atoms with Crippen LogP contribution in [0.15, 0.2) is 41.6 Å². The lowest BCUT2D eigenvalue weighted by atomic mass is 10.2. The molecule has 0 unspecified atom stereocenters. The van der Waals surface area contributed by atoms with Crippen molar-refractivity contribution in [3.8, 4) is 11.4 Å². The average Bonchev–Trinajstić information content (AvgIpc) is 3.43. The quantitative estimate of drug-likeness (QED) is 0.364. The zero-order chi connectivity index (χ0) is 23.8. The zero-order valence-electron chi connectivity index (χ0n) is 18.9. The first kappa shape index (κ1) is 24.4. The van der Waals surface area contributed by atoms with Gasteiger partial charge in [0.1, 0.15) is 5.82 Å². The molecule has 0 radical (unpaired) electrons. The molecule has 0 aliphatic carbocycles. The van der Waals surface area contributed by atoms with Crippen LogP contribution in [0.1, 0.15) is 44.7 Å². The summed E-state index contributed by atoms with van der Waals surface area (Å²) in [6.07, 6.45) is 4.89. The maximum Gasteiger partial charge on any atom is 0.329 e. The van der Waals surface area contributed by atoms with Crippen molar-refractivity contribution in [1.29, 1.82) is 0 Å². The Labute approximate surface area is 197 Å². The van der Waals surface area contributed by atoms with Crippen LogP contribution in [0.5, 0.6) is 0 Å². The molecule has 10 heteroatoms. The molecule has 0 aliphatic heterocycles. The molecule has 0 bridgehead atoms. The number of aromatic nitrogens is 4. The Bertz CT molecular complexity index is 1080. The van der Waals surface area contributed by atoms with Crippen molar-refractivity contribution in [2.45, 2.75) is 46.0 Å². The summed E-state index contributed by atoms with van der Waals surface area (Å²) in [5.41, 5.74) is 1.12. The lowest BCUT2D eigenvalue weighted by Crippen LogP contribution is -2.42. The van der Waals surface area contributed by atoms with Crippen LogP contribution in [0.25, 0.3) is 11.4 Å². The number of aryl methyl sites for hydroxylation is 2. The van der Waals surface area contributed by atoms with Crippen molar-refractivity contribution in [3.05, 3.63) is 59.7 Å². The second-order valence-corrected chi connectivity index (χ2v) is 7.80. The fourth-order valence-electron chi connectivity index (χ4n) is 3.44. The number of nitrogens with one attached hydrogen (secondary N) is 1. The second kappa shape index (κ2) is 11.6. The number of nitrogens with zero attached hydrogens (tertiary/aromatic N) is 5. The molecule has 3 aromatic rings. The standard InChI is InChI=1S/C23H28ClFN6O2/c1-4-14-31(21-18(5-2)26-22(24)28-21)23(32)30(6-3)15-10-9-13-19-27-20(29-33-19)16-11-7-8-12-17(16)25/h6-8,11-12H,3-5,9-10,13-15H2,1-2H3,(H,26,28). The summed E-state index contributed by atoms with van der Waals surface area (Å²) < 4.78 is 19.1. The topological polar surface area (TPSA) is 91.2 Å². The van der Waals surface area contributed by atoms with E-state index in [0.717, 1.165) is 12.1 Å². The Kier molecular flexibility index (Phi) is 8.59. The molecule has 0 aliphatic rings. The SMILES string of the molecule is C=CN(CCCCc1nc(-c2ccccc2F)no1)C(=O)N(CCC)c1nc(Cl)[nH]c1CC. The van der Waals surface area contributed by atoms with Gasteiger partial charge in [0.15, 0.2) is 5.82 Å². The van der Waals surface area contributed by atoms with E-state index in [4.69, 9.17) is 16.1 Å². The third-order valence-electron chi connectivity index (χ3n) is 5.10. The molecule has 176 valence electrons. The van der Waals surface area contributed by atoms with Gasteiger partial charge in [-0.05, 0) is 49.4 Å². The van der Waals surface area contributed by atoms with Gasteiger partial charge in [0.05, 0.1) is 11.3 Å². The third kappa shape index (κ3) is 5.98. The minimum atomic E-state index is -0.397. The number of anilines is 1. The van der Waals surface area contributed by atoms with Crippen LogP contribution in [0, 0.1) is 5.82 Å². The third-order valence-corrected chi connectivity index (χ3v) is 5.28. The molecule has 3 rings (SSSR count). The Morgan fingerprint density at radius 1 is 1.24 bits per heavy atom. The largest absolute Gasteiger partial charge is 0.339 e. The summed E-state index contributed by atoms with van der Waals surface area (Å²) >= 11 is 6.04. The molecular weight excluding hydrogens is 447 g/mol. The maximum absolute atomic E-state index is 13.9. The Hall–Kier alpha value is -3.20. The van der Waals surface area contributed by atoms with Crippen LogP contribution in [0.2, 0.25) is 5.28 Å². The van der Waals surface area contributed by atoms with Crippen molar-refractivity contribution in [1.82, 2.24) is 25.0 Å². The van der Waals surface area contributed by atoms with Crippen molar-refractivity contribution < 1.29 is 13.7 Å². The first-order chi connectivity index (χ1) is 16.0. The minimum absolute atomic E-state index is 0.204. The van der Waals surface area contributed by atoms with Gasteiger partial charge in [-0.1, -0.05) is 37.7 Å². The number of amides is 2. The first-order valence-electron chi connectivity index (χ1n) is 11.0. The van der Waals surface area contributed by atoms with E-state index < -0.39 is 5.82 Å². The maximum atomic E-state index is 13.9. The van der Waals surface area contributed by atoms with Gasteiger partial charge in [-0.3, -0.25) is 4.90 Å². The van der Waals surface area contributed by atoms with Crippen LogP contribution in [-0.4, -0.2) is 44.1 Å². The van der Waals surface area contributed by atoms with E-state index in [1.807, 2.05) is 13.8 Å². The number of H-pyrrole nitrogens is 1. The normalized spacial score (nSPS) is 10.9. The van der Waals surface area contributed by atoms with E-state index in [1.54, 1.807) is 28.0 Å². The Morgan fingerprint density at radius 3 is 2.73 bits per heavy atom. The Balaban J connectivity index is 1.58. The Morgan fingerprint density at radius 2 is 2.03 bits per heavy atom. The number of urea groups is 1. The number of rotatable bonds is 11. The van der Waals surface area contributed by atoms with E-state index in [0.29, 0.717) is 56.0 Å². The monoisotopic (exact) mass is 474 g/mol. The van der Waals surface area contributed by atoms with Gasteiger partial charge in [-0.15, -0.1) is 0 Å². The lowest BCUT2D eigenvalue weighted by Gasteiger charge is -2.27. The molecule has 0 saturated carbocycles. The summed E-state index contributed by atoms with van der Waals surface area (Å²) in [4.78, 5) is 28.0. The van der Waals surface area contributed by atoms with E-state index in [-0.39, 0.29) is 17.1 Å². The number of carbonyl (C=O) groups excluding carboxylic acids is 1. The number of hydrogen-bond donors (Lipinski definition) is 1. The first-order valence-corrected chi connectivity index (χ1v) is 11.4. The molecule has 2 heterocycles. The van der Waals surface area contributed by atoms with Crippen LogP contribution >= 0.6 is 11.6 Å². The average molecular weight is 475 g/mol. The highest BCUT2D eigenvalue weighted by Gasteiger charge is 2.25. The predicted octanol–water partition coefficient (Wildman–Crippen LogP) is 5.62. The number of aromatic amines is 1. The van der Waals surface area contributed by atoms with Gasteiger partial charge >= 0.3 is 6.03 Å². The minimum Gasteiger partial charge on any atom is -0.339 e. The van der Waals surface area contributed by atoms with Gasteiger partial charge < -0.3 is 14.4 Å². The molecule has 33 heavy (non-hydrogen) atoms. The fraction of sp³-hybridized carbons (Fsp3) is 0.391. The van der Waals surface area contributed by atoms with Crippen molar-refractivity contribution in [3.63, 3.8) is 0 Å². The smallest absolute Gasteiger partial charge is 0.329 e. The number of benzene rings is 1. The molecule has 0 spiro atoms. The van der Waals surface area contributed by atoms with Gasteiger partial charge in [-0.25, -0.2) is 9.18 Å². The van der Waals surface area contributed by atoms with Crippen LogP contribution < -0.4 is 4.90 Å². The molecule has 8 nitrogen and oxygen atoms in total. The summed E-state index contributed by atoms with van der Waals surface area (Å²) in [5.74, 6) is 0.806. The number of halogens is 2. The number of imidazole rings is 1. The van der Waals surface area contributed by atoms with Crippen LogP contribution in [-0.2, 0) is 12.8 Å². The van der Waals surface area contributed by atoms with E-state index in [1.165, 1.54) is 12.3 Å². The molecule has 0 fully saturated rings. The highest BCUT2D eigenvalue weighted by atomic mass is 35.5. The number of hydrogen-bond acceptors (Lipinski definition) is 5. The number of unbranched alkanes of at least 4 members (excludes halogenated alkanes) is 1. The highest BCUT2D eigenvalue weighted by molar-refractivity contribution is 6.28. The van der Waals surface area contributed by atoms with Gasteiger partial charge in [0.2, 0.25) is 17.0 Å². The van der Waals surface area contributed by atoms with Gasteiger partial charge in [0.25, 0.3) is 0 Å². The molecule has 0 atom stereocenters. The summed E-state index contributed by atoms with van der Waals surface area (Å²) in [6.45, 7) is 8.75. The lowest BCUT2D eigenvalue weighted by molar-refractivity contribution is 0.220. The highest BCUT2D eigenvalue weighted by Crippen LogP contribution is 2.23. The fourth-order valence-corrected chi connectivity index (χ4v) is 3.64.